The number of amides is 1. The van der Waals surface area contributed by atoms with Crippen LogP contribution in [-0.2, 0) is 16.0 Å². The van der Waals surface area contributed by atoms with Crippen LogP contribution in [0.2, 0.25) is 0 Å². The molecule has 1 amide bonds. The highest BCUT2D eigenvalue weighted by molar-refractivity contribution is 5.89. The number of carbonyl (C=O) groups is 2. The van der Waals surface area contributed by atoms with Crippen molar-refractivity contribution in [3.8, 4) is 0 Å². The summed E-state index contributed by atoms with van der Waals surface area (Å²) in [6.45, 7) is 0.646. The first-order chi connectivity index (χ1) is 9.20. The zero-order valence-electron chi connectivity index (χ0n) is 11.1. The van der Waals surface area contributed by atoms with Crippen LogP contribution in [0.25, 0.3) is 0 Å². The zero-order chi connectivity index (χ0) is 13.7. The second-order valence-corrected chi connectivity index (χ2v) is 4.86. The van der Waals surface area contributed by atoms with Crippen LogP contribution < -0.4 is 5.32 Å². The van der Waals surface area contributed by atoms with Gasteiger partial charge in [-0.3, -0.25) is 4.79 Å². The normalized spacial score (nSPS) is 14.6. The number of ether oxygens (including phenoxy) is 1. The summed E-state index contributed by atoms with van der Waals surface area (Å²) >= 11 is 0. The van der Waals surface area contributed by atoms with Gasteiger partial charge in [0, 0.05) is 12.5 Å². The van der Waals surface area contributed by atoms with Crippen molar-refractivity contribution in [3.63, 3.8) is 0 Å². The van der Waals surface area contributed by atoms with Crippen LogP contribution in [0, 0.1) is 5.92 Å². The molecule has 4 heteroatoms. The van der Waals surface area contributed by atoms with Crippen LogP contribution in [0.1, 0.15) is 35.2 Å². The monoisotopic (exact) mass is 261 g/mol. The van der Waals surface area contributed by atoms with Gasteiger partial charge in [-0.15, -0.1) is 0 Å². The quantitative estimate of drug-likeness (QED) is 0.824. The average molecular weight is 261 g/mol. The van der Waals surface area contributed by atoms with E-state index in [2.05, 4.69) is 10.1 Å². The molecule has 1 aromatic carbocycles. The Morgan fingerprint density at radius 3 is 2.47 bits per heavy atom. The zero-order valence-corrected chi connectivity index (χ0v) is 11.1. The molecule has 0 atom stereocenters. The lowest BCUT2D eigenvalue weighted by Crippen LogP contribution is -2.35. The number of nitrogens with one attached hydrogen (secondary N) is 1. The lowest BCUT2D eigenvalue weighted by atomic mass is 9.85. The summed E-state index contributed by atoms with van der Waals surface area (Å²) in [5, 5.41) is 2.95. The smallest absolute Gasteiger partial charge is 0.337 e. The molecule has 1 fully saturated rings. The molecule has 0 saturated heterocycles. The number of rotatable bonds is 5. The average Bonchev–Trinajstić information content (AvgIpc) is 2.36. The van der Waals surface area contributed by atoms with Crippen LogP contribution in [0.5, 0.6) is 0 Å². The highest BCUT2D eigenvalue weighted by Gasteiger charge is 2.24. The molecule has 19 heavy (non-hydrogen) atoms. The van der Waals surface area contributed by atoms with Gasteiger partial charge in [-0.1, -0.05) is 18.6 Å². The summed E-state index contributed by atoms with van der Waals surface area (Å²) < 4.78 is 4.64. The molecular formula is C15H19NO3. The van der Waals surface area contributed by atoms with Gasteiger partial charge in [-0.25, -0.2) is 4.79 Å². The van der Waals surface area contributed by atoms with E-state index in [9.17, 15) is 9.59 Å². The van der Waals surface area contributed by atoms with Crippen molar-refractivity contribution in [2.45, 2.75) is 25.7 Å². The Hall–Kier alpha value is -1.84. The predicted octanol–water partition coefficient (Wildman–Crippen LogP) is 1.93. The SMILES string of the molecule is COC(=O)c1ccc(CCNC(=O)C2CCC2)cc1. The summed E-state index contributed by atoms with van der Waals surface area (Å²) in [5.41, 5.74) is 1.64. The van der Waals surface area contributed by atoms with E-state index in [4.69, 9.17) is 0 Å². The maximum atomic E-state index is 11.6. The number of hydrogen-bond donors (Lipinski definition) is 1. The Labute approximate surface area is 113 Å². The fourth-order valence-electron chi connectivity index (χ4n) is 2.07. The predicted molar refractivity (Wildman–Crippen MR) is 71.8 cm³/mol. The van der Waals surface area contributed by atoms with E-state index in [0.29, 0.717) is 12.1 Å². The molecule has 0 spiro atoms. The van der Waals surface area contributed by atoms with E-state index in [1.165, 1.54) is 13.5 Å². The van der Waals surface area contributed by atoms with Gasteiger partial charge in [-0.05, 0) is 37.0 Å². The van der Waals surface area contributed by atoms with Crippen LogP contribution in [0.4, 0.5) is 0 Å². The second-order valence-electron chi connectivity index (χ2n) is 4.86. The van der Waals surface area contributed by atoms with Crippen molar-refractivity contribution in [2.75, 3.05) is 13.7 Å². The molecule has 1 N–H and O–H groups in total. The summed E-state index contributed by atoms with van der Waals surface area (Å²) in [7, 11) is 1.37. The van der Waals surface area contributed by atoms with E-state index < -0.39 is 0 Å². The maximum Gasteiger partial charge on any atom is 0.337 e. The number of hydrogen-bond acceptors (Lipinski definition) is 3. The molecule has 1 aliphatic carbocycles. The van der Waals surface area contributed by atoms with Crippen LogP contribution in [-0.4, -0.2) is 25.5 Å². The van der Waals surface area contributed by atoms with Gasteiger partial charge >= 0.3 is 5.97 Å². The van der Waals surface area contributed by atoms with Crippen molar-refractivity contribution in [1.82, 2.24) is 5.32 Å². The summed E-state index contributed by atoms with van der Waals surface area (Å²) in [4.78, 5) is 22.9. The molecule has 1 aliphatic rings. The molecule has 1 aromatic rings. The Morgan fingerprint density at radius 1 is 1.26 bits per heavy atom. The molecule has 2 rings (SSSR count). The van der Waals surface area contributed by atoms with Crippen LogP contribution in [0.3, 0.4) is 0 Å². The molecule has 102 valence electrons. The molecule has 0 aromatic heterocycles. The topological polar surface area (TPSA) is 55.4 Å². The minimum Gasteiger partial charge on any atom is -0.465 e. The first-order valence-electron chi connectivity index (χ1n) is 6.65. The Balaban J connectivity index is 1.76. The van der Waals surface area contributed by atoms with Gasteiger partial charge in [0.05, 0.1) is 12.7 Å². The van der Waals surface area contributed by atoms with Crippen LogP contribution >= 0.6 is 0 Å². The summed E-state index contributed by atoms with van der Waals surface area (Å²) in [6.07, 6.45) is 4.01. The van der Waals surface area contributed by atoms with E-state index in [1.807, 2.05) is 12.1 Å². The van der Waals surface area contributed by atoms with Crippen LogP contribution in [0.15, 0.2) is 24.3 Å². The van der Waals surface area contributed by atoms with Crippen molar-refractivity contribution in [1.29, 1.82) is 0 Å². The van der Waals surface area contributed by atoms with Crippen molar-refractivity contribution < 1.29 is 14.3 Å². The fraction of sp³-hybridized carbons (Fsp3) is 0.467. The van der Waals surface area contributed by atoms with Gasteiger partial charge in [0.15, 0.2) is 0 Å². The van der Waals surface area contributed by atoms with Crippen molar-refractivity contribution in [3.05, 3.63) is 35.4 Å². The number of methoxy groups -OCH3 is 1. The van der Waals surface area contributed by atoms with E-state index in [-0.39, 0.29) is 17.8 Å². The molecule has 1 saturated carbocycles. The molecule has 0 radical (unpaired) electrons. The minimum absolute atomic E-state index is 0.178. The third-order valence-corrected chi connectivity index (χ3v) is 3.56. The number of carbonyl (C=O) groups excluding carboxylic acids is 2. The van der Waals surface area contributed by atoms with E-state index in [1.54, 1.807) is 12.1 Å². The number of benzene rings is 1. The molecule has 0 unspecified atom stereocenters. The van der Waals surface area contributed by atoms with Gasteiger partial charge < -0.3 is 10.1 Å². The van der Waals surface area contributed by atoms with Crippen molar-refractivity contribution in [2.24, 2.45) is 5.92 Å². The van der Waals surface area contributed by atoms with E-state index in [0.717, 1.165) is 24.8 Å². The third kappa shape index (κ3) is 3.56. The lowest BCUT2D eigenvalue weighted by molar-refractivity contribution is -0.127. The van der Waals surface area contributed by atoms with Gasteiger partial charge in [0.1, 0.15) is 0 Å². The Kier molecular flexibility index (Phi) is 4.55. The lowest BCUT2D eigenvalue weighted by Gasteiger charge is -2.24. The van der Waals surface area contributed by atoms with Gasteiger partial charge in [0.2, 0.25) is 5.91 Å². The first kappa shape index (κ1) is 13.6. The molecule has 0 heterocycles. The molecular weight excluding hydrogens is 242 g/mol. The molecule has 0 aliphatic heterocycles. The Morgan fingerprint density at radius 2 is 1.95 bits per heavy atom. The standard InChI is InChI=1S/C15H19NO3/c1-19-15(18)13-7-5-11(6-8-13)9-10-16-14(17)12-3-2-4-12/h5-8,12H,2-4,9-10H2,1H3,(H,16,17). The van der Waals surface area contributed by atoms with E-state index >= 15 is 0 Å². The van der Waals surface area contributed by atoms with Gasteiger partial charge in [0.25, 0.3) is 0 Å². The largest absolute Gasteiger partial charge is 0.465 e. The highest BCUT2D eigenvalue weighted by Crippen LogP contribution is 2.26. The first-order valence-corrected chi connectivity index (χ1v) is 6.65. The van der Waals surface area contributed by atoms with Crippen molar-refractivity contribution >= 4 is 11.9 Å². The Bertz CT molecular complexity index is 449. The highest BCUT2D eigenvalue weighted by atomic mass is 16.5. The summed E-state index contributed by atoms with van der Waals surface area (Å²) in [6, 6.07) is 7.27. The third-order valence-electron chi connectivity index (χ3n) is 3.56. The fourth-order valence-corrected chi connectivity index (χ4v) is 2.07. The maximum absolute atomic E-state index is 11.6. The minimum atomic E-state index is -0.329. The second kappa shape index (κ2) is 6.36. The van der Waals surface area contributed by atoms with Gasteiger partial charge in [-0.2, -0.15) is 0 Å². The molecule has 4 nitrogen and oxygen atoms in total. The molecule has 0 bridgehead atoms. The summed E-state index contributed by atoms with van der Waals surface area (Å²) in [5.74, 6) is 0.0870. The number of esters is 1.